The van der Waals surface area contributed by atoms with E-state index in [0.29, 0.717) is 42.9 Å². The maximum absolute atomic E-state index is 14.8. The lowest BCUT2D eigenvalue weighted by molar-refractivity contribution is -0.189. The van der Waals surface area contributed by atoms with Crippen LogP contribution in [0.4, 0.5) is 30.7 Å². The summed E-state index contributed by atoms with van der Waals surface area (Å²) in [5.74, 6) is -7.58. The van der Waals surface area contributed by atoms with E-state index in [1.54, 1.807) is 0 Å². The van der Waals surface area contributed by atoms with E-state index in [2.05, 4.69) is 17.4 Å². The fourth-order valence-electron chi connectivity index (χ4n) is 3.85. The van der Waals surface area contributed by atoms with Crippen LogP contribution in [0.2, 0.25) is 0 Å². The summed E-state index contributed by atoms with van der Waals surface area (Å²) >= 11 is 4.32. The van der Waals surface area contributed by atoms with Crippen molar-refractivity contribution in [2.45, 2.75) is 37.2 Å². The van der Waals surface area contributed by atoms with Gasteiger partial charge in [0.1, 0.15) is 40.4 Å². The average molecular weight is 516 g/mol. The first-order chi connectivity index (χ1) is 16.5. The van der Waals surface area contributed by atoms with Gasteiger partial charge in [-0.25, -0.2) is 22.0 Å². The first-order valence-corrected chi connectivity index (χ1v) is 11.1. The third kappa shape index (κ3) is 5.28. The van der Waals surface area contributed by atoms with Gasteiger partial charge in [-0.2, -0.15) is 21.4 Å². The summed E-state index contributed by atoms with van der Waals surface area (Å²) in [4.78, 5) is 0. The third-order valence-corrected chi connectivity index (χ3v) is 6.17. The molecule has 0 saturated carbocycles. The first-order valence-electron chi connectivity index (χ1n) is 10.6. The molecule has 0 spiro atoms. The van der Waals surface area contributed by atoms with E-state index in [-0.39, 0.29) is 22.5 Å². The molecule has 35 heavy (non-hydrogen) atoms. The van der Waals surface area contributed by atoms with Crippen LogP contribution in [-0.4, -0.2) is 11.9 Å². The quantitative estimate of drug-likeness (QED) is 0.278. The molecule has 0 N–H and O–H groups in total. The molecule has 0 radical (unpaired) electrons. The van der Waals surface area contributed by atoms with Crippen molar-refractivity contribution >= 4 is 12.6 Å². The Hall–Kier alpha value is -2.72. The smallest absolute Gasteiger partial charge is 0.429 e. The molecule has 3 aromatic rings. The molecule has 10 heteroatoms. The van der Waals surface area contributed by atoms with Crippen LogP contribution in [0.1, 0.15) is 35.6 Å². The van der Waals surface area contributed by atoms with Crippen LogP contribution >= 0.6 is 12.6 Å². The Morgan fingerprint density at radius 2 is 1.49 bits per heavy atom. The summed E-state index contributed by atoms with van der Waals surface area (Å²) in [7, 11) is 0. The molecule has 1 heterocycles. The van der Waals surface area contributed by atoms with E-state index in [9.17, 15) is 30.7 Å². The van der Waals surface area contributed by atoms with Crippen LogP contribution in [0.3, 0.4) is 0 Å². The summed E-state index contributed by atoms with van der Waals surface area (Å²) in [5, 5.41) is 0.0889. The highest BCUT2D eigenvalue weighted by Crippen LogP contribution is 2.39. The number of halogens is 7. The molecule has 0 aromatic heterocycles. The molecule has 1 aliphatic rings. The molecule has 1 aliphatic heterocycles. The van der Waals surface area contributed by atoms with Crippen molar-refractivity contribution in [2.24, 2.45) is 0 Å². The molecule has 3 aromatic carbocycles. The summed E-state index contributed by atoms with van der Waals surface area (Å²) in [6.07, 6.45) is -3.58. The molecular formula is C25H19F7O2S. The largest absolute Gasteiger partial charge is 0.432 e. The zero-order valence-electron chi connectivity index (χ0n) is 18.2. The number of ether oxygens (including phenoxy) is 2. The Morgan fingerprint density at radius 3 is 2.03 bits per heavy atom. The lowest BCUT2D eigenvalue weighted by Crippen LogP contribution is -2.25. The molecular weight excluding hydrogens is 497 g/mol. The monoisotopic (exact) mass is 516 g/mol. The number of rotatable bonds is 5. The van der Waals surface area contributed by atoms with Gasteiger partial charge >= 0.3 is 6.11 Å². The molecule has 0 aliphatic carbocycles. The zero-order chi connectivity index (χ0) is 25.5. The number of hydrogen-bond donors (Lipinski definition) is 1. The summed E-state index contributed by atoms with van der Waals surface area (Å²) in [5.41, 5.74) is -2.22. The minimum Gasteiger partial charge on any atom is -0.429 e. The lowest BCUT2D eigenvalue weighted by Gasteiger charge is -2.27. The van der Waals surface area contributed by atoms with E-state index in [4.69, 9.17) is 4.74 Å². The van der Waals surface area contributed by atoms with Gasteiger partial charge in [0.2, 0.25) is 0 Å². The molecule has 0 bridgehead atoms. The van der Waals surface area contributed by atoms with Crippen molar-refractivity contribution < 1.29 is 40.2 Å². The van der Waals surface area contributed by atoms with Gasteiger partial charge in [0, 0.05) is 28.5 Å². The second kappa shape index (κ2) is 9.73. The Kier molecular flexibility index (Phi) is 7.06. The SMILES string of the molecule is Cc1c(F)cc(OC(F)(F)c2c(F)cc(-c3ccc(C4CCC(S)CO4)cc3F)cc2F)cc1F. The van der Waals surface area contributed by atoms with Gasteiger partial charge in [0.15, 0.2) is 0 Å². The van der Waals surface area contributed by atoms with E-state index in [1.807, 2.05) is 0 Å². The van der Waals surface area contributed by atoms with Gasteiger partial charge in [0.05, 0.1) is 12.7 Å². The Bertz CT molecular complexity index is 1210. The van der Waals surface area contributed by atoms with Crippen molar-refractivity contribution in [2.75, 3.05) is 6.61 Å². The van der Waals surface area contributed by atoms with E-state index in [0.717, 1.165) is 13.3 Å². The maximum Gasteiger partial charge on any atom is 0.432 e. The minimum absolute atomic E-state index is 0.0889. The number of hydrogen-bond acceptors (Lipinski definition) is 3. The predicted octanol–water partition coefficient (Wildman–Crippen LogP) is 7.64. The molecule has 4 rings (SSSR count). The molecule has 1 fully saturated rings. The normalized spacial score (nSPS) is 18.5. The first kappa shape index (κ1) is 25.4. The highest BCUT2D eigenvalue weighted by molar-refractivity contribution is 7.81. The van der Waals surface area contributed by atoms with Gasteiger partial charge in [-0.1, -0.05) is 12.1 Å². The fraction of sp³-hybridized carbons (Fsp3) is 0.280. The number of thiol groups is 1. The highest BCUT2D eigenvalue weighted by Gasteiger charge is 2.41. The van der Waals surface area contributed by atoms with Gasteiger partial charge < -0.3 is 9.47 Å². The number of benzene rings is 3. The van der Waals surface area contributed by atoms with E-state index >= 15 is 0 Å². The molecule has 2 atom stereocenters. The molecule has 0 amide bonds. The van der Waals surface area contributed by atoms with Gasteiger partial charge in [-0.05, 0) is 49.1 Å². The van der Waals surface area contributed by atoms with Crippen molar-refractivity contribution in [1.29, 1.82) is 0 Å². The van der Waals surface area contributed by atoms with Crippen molar-refractivity contribution in [3.05, 3.63) is 88.2 Å². The summed E-state index contributed by atoms with van der Waals surface area (Å²) in [6, 6.07) is 5.99. The van der Waals surface area contributed by atoms with E-state index in [1.165, 1.54) is 18.2 Å². The minimum atomic E-state index is -4.62. The van der Waals surface area contributed by atoms with Crippen LogP contribution in [0.25, 0.3) is 11.1 Å². The van der Waals surface area contributed by atoms with E-state index < -0.39 is 52.1 Å². The third-order valence-electron chi connectivity index (χ3n) is 5.76. The Balaban J connectivity index is 1.62. The molecule has 2 nitrogen and oxygen atoms in total. The van der Waals surface area contributed by atoms with Gasteiger partial charge in [0.25, 0.3) is 0 Å². The van der Waals surface area contributed by atoms with Gasteiger partial charge in [-0.3, -0.25) is 0 Å². The highest BCUT2D eigenvalue weighted by atomic mass is 32.1. The van der Waals surface area contributed by atoms with Gasteiger partial charge in [-0.15, -0.1) is 0 Å². The average Bonchev–Trinajstić information content (AvgIpc) is 2.76. The van der Waals surface area contributed by atoms with Crippen molar-refractivity contribution in [3.63, 3.8) is 0 Å². The van der Waals surface area contributed by atoms with Crippen LogP contribution in [0.5, 0.6) is 5.75 Å². The standard InChI is InChI=1S/C25H19F7O2S/c1-12-18(26)9-15(10-19(12)27)34-25(31,32)24-21(29)7-14(8-22(24)30)17-4-2-13(6-20(17)28)23-5-3-16(35)11-33-23/h2,4,6-10,16,23,35H,3,5,11H2,1H3. The molecule has 2 unspecified atom stereocenters. The molecule has 1 saturated heterocycles. The van der Waals surface area contributed by atoms with Crippen molar-refractivity contribution in [1.82, 2.24) is 0 Å². The predicted molar refractivity (Wildman–Crippen MR) is 118 cm³/mol. The maximum atomic E-state index is 14.8. The summed E-state index contributed by atoms with van der Waals surface area (Å²) < 4.78 is 110. The van der Waals surface area contributed by atoms with Crippen molar-refractivity contribution in [3.8, 4) is 16.9 Å². The lowest BCUT2D eigenvalue weighted by atomic mass is 9.96. The Morgan fingerprint density at radius 1 is 0.857 bits per heavy atom. The Labute approximate surface area is 202 Å². The molecule has 186 valence electrons. The van der Waals surface area contributed by atoms with Crippen LogP contribution in [-0.2, 0) is 10.8 Å². The fourth-order valence-corrected chi connectivity index (χ4v) is 4.09. The van der Waals surface area contributed by atoms with Crippen LogP contribution < -0.4 is 4.74 Å². The summed E-state index contributed by atoms with van der Waals surface area (Å²) in [6.45, 7) is 1.48. The zero-order valence-corrected chi connectivity index (χ0v) is 19.1. The number of alkyl halides is 2. The van der Waals surface area contributed by atoms with Crippen LogP contribution in [0, 0.1) is 36.0 Å². The second-order valence-electron chi connectivity index (χ2n) is 8.24. The van der Waals surface area contributed by atoms with Crippen LogP contribution in [0.15, 0.2) is 42.5 Å². The topological polar surface area (TPSA) is 18.5 Å². The second-order valence-corrected chi connectivity index (χ2v) is 8.97.